The van der Waals surface area contributed by atoms with Gasteiger partial charge in [-0.3, -0.25) is 0 Å². The zero-order valence-electron chi connectivity index (χ0n) is 16.9. The third-order valence-electron chi connectivity index (χ3n) is 4.23. The third kappa shape index (κ3) is 4.89. The molecule has 3 aromatic rings. The summed E-state index contributed by atoms with van der Waals surface area (Å²) in [6.07, 6.45) is 0.944. The third-order valence-corrected chi connectivity index (χ3v) is 4.51. The minimum Gasteiger partial charge on any atom is -0.496 e. The van der Waals surface area contributed by atoms with Gasteiger partial charge in [0.05, 0.1) is 32.4 Å². The zero-order valence-corrected chi connectivity index (χ0v) is 17.7. The Labute approximate surface area is 175 Å². The van der Waals surface area contributed by atoms with E-state index in [1.807, 2.05) is 49.4 Å². The van der Waals surface area contributed by atoms with E-state index in [0.29, 0.717) is 30.4 Å². The highest BCUT2D eigenvalue weighted by Crippen LogP contribution is 2.30. The number of aromatic nitrogens is 3. The Bertz CT molecular complexity index is 1000. The number of nitrogens with zero attached hydrogens (tertiary/aromatic N) is 2. The lowest BCUT2D eigenvalue weighted by Crippen LogP contribution is -2.16. The number of rotatable bonds is 10. The molecule has 1 heterocycles. The Kier molecular flexibility index (Phi) is 7.13. The molecule has 0 amide bonds. The molecular formula is C21H26N4O3S. The molecule has 2 N–H and O–H groups in total. The van der Waals surface area contributed by atoms with Gasteiger partial charge in [0.25, 0.3) is 0 Å². The molecule has 0 radical (unpaired) electrons. The molecule has 0 aliphatic rings. The Balaban J connectivity index is 1.83. The van der Waals surface area contributed by atoms with Crippen molar-refractivity contribution in [3.63, 3.8) is 0 Å². The number of benzene rings is 2. The van der Waals surface area contributed by atoms with E-state index in [-0.39, 0.29) is 0 Å². The van der Waals surface area contributed by atoms with Gasteiger partial charge in [0, 0.05) is 0 Å². The van der Waals surface area contributed by atoms with Crippen molar-refractivity contribution in [2.75, 3.05) is 25.7 Å². The van der Waals surface area contributed by atoms with Crippen LogP contribution in [-0.2, 0) is 6.54 Å². The molecule has 7 nitrogen and oxygen atoms in total. The van der Waals surface area contributed by atoms with E-state index in [9.17, 15) is 0 Å². The first-order valence-corrected chi connectivity index (χ1v) is 10.0. The van der Waals surface area contributed by atoms with Crippen LogP contribution in [0.5, 0.6) is 17.2 Å². The first-order valence-electron chi connectivity index (χ1n) is 9.61. The summed E-state index contributed by atoms with van der Waals surface area (Å²) in [4.78, 5) is 0. The number of hydrogen-bond donors (Lipinski definition) is 2. The largest absolute Gasteiger partial charge is 0.496 e. The average molecular weight is 415 g/mol. The van der Waals surface area contributed by atoms with Gasteiger partial charge in [0.2, 0.25) is 4.77 Å². The van der Waals surface area contributed by atoms with Crippen LogP contribution in [0.15, 0.2) is 42.5 Å². The second-order valence-corrected chi connectivity index (χ2v) is 6.67. The van der Waals surface area contributed by atoms with Gasteiger partial charge in [-0.05, 0) is 55.4 Å². The monoisotopic (exact) mass is 414 g/mol. The Morgan fingerprint density at radius 2 is 1.90 bits per heavy atom. The van der Waals surface area contributed by atoms with Crippen molar-refractivity contribution in [2.45, 2.75) is 26.8 Å². The fourth-order valence-electron chi connectivity index (χ4n) is 2.89. The maximum Gasteiger partial charge on any atom is 0.214 e. The standard InChI is InChI=1S/C21H26N4O3S/c1-4-12-28-18-11-10-15(13-19(18)27-5-2)14-22-25-20(23-24-21(25)29)16-8-6-7-9-17(16)26-3/h6-11,13,22H,4-5,12,14H2,1-3H3,(H,24,29). The fourth-order valence-corrected chi connectivity index (χ4v) is 3.08. The highest BCUT2D eigenvalue weighted by Gasteiger charge is 2.14. The van der Waals surface area contributed by atoms with E-state index in [2.05, 4.69) is 22.5 Å². The number of ether oxygens (including phenoxy) is 3. The summed E-state index contributed by atoms with van der Waals surface area (Å²) >= 11 is 5.40. The minimum absolute atomic E-state index is 0.471. The Morgan fingerprint density at radius 1 is 1.07 bits per heavy atom. The normalized spacial score (nSPS) is 10.6. The molecule has 0 saturated heterocycles. The Hall–Kier alpha value is -3.00. The van der Waals surface area contributed by atoms with Crippen LogP contribution < -0.4 is 19.6 Å². The molecule has 0 aliphatic heterocycles. The second-order valence-electron chi connectivity index (χ2n) is 6.29. The topological polar surface area (TPSA) is 73.3 Å². The molecule has 0 spiro atoms. The summed E-state index contributed by atoms with van der Waals surface area (Å²) in [5.41, 5.74) is 5.20. The van der Waals surface area contributed by atoms with Crippen molar-refractivity contribution in [3.05, 3.63) is 52.8 Å². The van der Waals surface area contributed by atoms with Crippen LogP contribution in [0.1, 0.15) is 25.8 Å². The number of hydrogen-bond acceptors (Lipinski definition) is 6. The number of aromatic amines is 1. The molecule has 29 heavy (non-hydrogen) atoms. The van der Waals surface area contributed by atoms with Gasteiger partial charge in [0.1, 0.15) is 5.75 Å². The maximum absolute atomic E-state index is 5.77. The van der Waals surface area contributed by atoms with Crippen molar-refractivity contribution in [1.82, 2.24) is 14.9 Å². The molecule has 0 fully saturated rings. The van der Waals surface area contributed by atoms with Crippen LogP contribution in [0.4, 0.5) is 0 Å². The van der Waals surface area contributed by atoms with E-state index < -0.39 is 0 Å². The summed E-state index contributed by atoms with van der Waals surface area (Å²) in [6.45, 7) is 5.80. The van der Waals surface area contributed by atoms with Crippen molar-refractivity contribution < 1.29 is 14.2 Å². The molecule has 154 valence electrons. The molecule has 3 rings (SSSR count). The molecule has 0 saturated carbocycles. The summed E-state index contributed by atoms with van der Waals surface area (Å²) in [6, 6.07) is 13.6. The average Bonchev–Trinajstić information content (AvgIpc) is 3.12. The van der Waals surface area contributed by atoms with E-state index in [1.54, 1.807) is 11.8 Å². The first-order chi connectivity index (χ1) is 14.2. The quantitative estimate of drug-likeness (QED) is 0.474. The predicted octanol–water partition coefficient (Wildman–Crippen LogP) is 4.55. The molecule has 0 atom stereocenters. The SMILES string of the molecule is CCCOc1ccc(CNn2c(-c3ccccc3OC)n[nH]c2=S)cc1OCC. The summed E-state index contributed by atoms with van der Waals surface area (Å²) in [7, 11) is 1.63. The fraction of sp³-hybridized carbons (Fsp3) is 0.333. The minimum atomic E-state index is 0.471. The highest BCUT2D eigenvalue weighted by molar-refractivity contribution is 7.71. The van der Waals surface area contributed by atoms with Gasteiger partial charge in [-0.25, -0.2) is 9.77 Å². The van der Waals surface area contributed by atoms with E-state index in [1.165, 1.54) is 0 Å². The molecule has 0 aliphatic carbocycles. The molecular weight excluding hydrogens is 388 g/mol. The smallest absolute Gasteiger partial charge is 0.214 e. The number of nitrogens with one attached hydrogen (secondary N) is 2. The van der Waals surface area contributed by atoms with E-state index in [0.717, 1.165) is 34.8 Å². The van der Waals surface area contributed by atoms with Gasteiger partial charge in [0.15, 0.2) is 17.3 Å². The predicted molar refractivity (Wildman–Crippen MR) is 116 cm³/mol. The van der Waals surface area contributed by atoms with Crippen molar-refractivity contribution in [1.29, 1.82) is 0 Å². The lowest BCUT2D eigenvalue weighted by molar-refractivity contribution is 0.276. The molecule has 0 unspecified atom stereocenters. The number of para-hydroxylation sites is 1. The van der Waals surface area contributed by atoms with Gasteiger partial charge >= 0.3 is 0 Å². The zero-order chi connectivity index (χ0) is 20.6. The first kappa shape index (κ1) is 20.7. The van der Waals surface area contributed by atoms with Crippen LogP contribution in [0.2, 0.25) is 0 Å². The molecule has 2 aromatic carbocycles. The summed E-state index contributed by atoms with van der Waals surface area (Å²) in [5.74, 6) is 2.87. The summed E-state index contributed by atoms with van der Waals surface area (Å²) < 4.78 is 19.2. The molecule has 8 heteroatoms. The van der Waals surface area contributed by atoms with Crippen molar-refractivity contribution in [2.24, 2.45) is 0 Å². The van der Waals surface area contributed by atoms with Gasteiger partial charge in [-0.15, -0.1) is 0 Å². The number of H-pyrrole nitrogens is 1. The highest BCUT2D eigenvalue weighted by atomic mass is 32.1. The maximum atomic E-state index is 5.77. The molecule has 1 aromatic heterocycles. The van der Waals surface area contributed by atoms with Gasteiger partial charge in [-0.2, -0.15) is 5.10 Å². The van der Waals surface area contributed by atoms with Crippen LogP contribution >= 0.6 is 12.2 Å². The van der Waals surface area contributed by atoms with Crippen molar-refractivity contribution >= 4 is 12.2 Å². The van der Waals surface area contributed by atoms with Crippen LogP contribution in [0.25, 0.3) is 11.4 Å². The second kappa shape index (κ2) is 9.97. The van der Waals surface area contributed by atoms with Crippen molar-refractivity contribution in [3.8, 4) is 28.6 Å². The van der Waals surface area contributed by atoms with Crippen LogP contribution in [0.3, 0.4) is 0 Å². The lowest BCUT2D eigenvalue weighted by Gasteiger charge is -2.15. The molecule has 0 bridgehead atoms. The van der Waals surface area contributed by atoms with Gasteiger partial charge in [-0.1, -0.05) is 25.1 Å². The Morgan fingerprint density at radius 3 is 2.66 bits per heavy atom. The van der Waals surface area contributed by atoms with E-state index in [4.69, 9.17) is 26.4 Å². The summed E-state index contributed by atoms with van der Waals surface area (Å²) in [5, 5.41) is 7.20. The lowest BCUT2D eigenvalue weighted by atomic mass is 10.2. The van der Waals surface area contributed by atoms with E-state index >= 15 is 0 Å². The number of methoxy groups -OCH3 is 1. The van der Waals surface area contributed by atoms with Crippen LogP contribution in [0, 0.1) is 4.77 Å². The van der Waals surface area contributed by atoms with Gasteiger partial charge < -0.3 is 19.6 Å². The van der Waals surface area contributed by atoms with Crippen LogP contribution in [-0.4, -0.2) is 35.2 Å².